The van der Waals surface area contributed by atoms with E-state index in [1.807, 2.05) is 0 Å². The van der Waals surface area contributed by atoms with E-state index in [9.17, 15) is 9.59 Å². The van der Waals surface area contributed by atoms with E-state index in [2.05, 4.69) is 16.0 Å². The average molecular weight is 298 g/mol. The number of amides is 2. The van der Waals surface area contributed by atoms with Gasteiger partial charge in [-0.2, -0.15) is 0 Å². The predicted molar refractivity (Wildman–Crippen MR) is 76.1 cm³/mol. The molecule has 0 saturated carbocycles. The summed E-state index contributed by atoms with van der Waals surface area (Å²) >= 11 is 6.02. The molecule has 108 valence electrons. The van der Waals surface area contributed by atoms with Crippen LogP contribution in [0.1, 0.15) is 10.4 Å². The number of nitrogens with one attached hydrogen (secondary N) is 3. The number of benzene rings is 1. The molecule has 0 aliphatic carbocycles. The summed E-state index contributed by atoms with van der Waals surface area (Å²) in [6.45, 7) is 1.74. The van der Waals surface area contributed by atoms with Crippen molar-refractivity contribution >= 4 is 29.1 Å². The van der Waals surface area contributed by atoms with Crippen LogP contribution in [0.15, 0.2) is 18.2 Å². The summed E-state index contributed by atoms with van der Waals surface area (Å²) < 4.78 is 5.35. The maximum absolute atomic E-state index is 12.0. The summed E-state index contributed by atoms with van der Waals surface area (Å²) in [7, 11) is 1.53. The Labute approximate surface area is 121 Å². The fraction of sp³-hybridized carbons (Fsp3) is 0.385. The van der Waals surface area contributed by atoms with E-state index in [1.54, 1.807) is 18.2 Å². The second-order valence-corrected chi connectivity index (χ2v) is 4.73. The van der Waals surface area contributed by atoms with Crippen molar-refractivity contribution < 1.29 is 14.3 Å². The lowest BCUT2D eigenvalue weighted by atomic mass is 10.2. The van der Waals surface area contributed by atoms with Crippen molar-refractivity contribution in [3.63, 3.8) is 0 Å². The van der Waals surface area contributed by atoms with Gasteiger partial charge in [0.25, 0.3) is 11.8 Å². The van der Waals surface area contributed by atoms with Gasteiger partial charge in [0.05, 0.1) is 17.2 Å². The summed E-state index contributed by atoms with van der Waals surface area (Å²) in [5.41, 5.74) is 0.893. The molecule has 1 saturated heterocycles. The van der Waals surface area contributed by atoms with E-state index in [-0.39, 0.29) is 16.8 Å². The largest absolute Gasteiger partial charge is 0.366 e. The number of ether oxygens (including phenoxy) is 1. The highest BCUT2D eigenvalue weighted by Crippen LogP contribution is 2.21. The number of hydrogen-bond acceptors (Lipinski definition) is 4. The molecule has 0 spiro atoms. The zero-order valence-corrected chi connectivity index (χ0v) is 11.8. The van der Waals surface area contributed by atoms with Gasteiger partial charge in [-0.25, -0.2) is 0 Å². The van der Waals surface area contributed by atoms with Gasteiger partial charge in [0.15, 0.2) is 0 Å². The first-order valence-corrected chi connectivity index (χ1v) is 6.64. The molecule has 1 atom stereocenters. The Hall–Kier alpha value is -1.63. The quantitative estimate of drug-likeness (QED) is 0.764. The zero-order valence-electron chi connectivity index (χ0n) is 11.0. The first-order valence-electron chi connectivity index (χ1n) is 6.26. The van der Waals surface area contributed by atoms with Crippen molar-refractivity contribution in [2.24, 2.45) is 0 Å². The van der Waals surface area contributed by atoms with Crippen molar-refractivity contribution in [2.45, 2.75) is 6.10 Å². The highest BCUT2D eigenvalue weighted by Gasteiger charge is 2.22. The molecule has 1 unspecified atom stereocenters. The van der Waals surface area contributed by atoms with E-state index in [0.717, 1.165) is 6.54 Å². The molecular formula is C13H16ClN3O3. The summed E-state index contributed by atoms with van der Waals surface area (Å²) in [6.07, 6.45) is -0.513. The molecule has 0 radical (unpaired) electrons. The third-order valence-corrected chi connectivity index (χ3v) is 3.24. The Morgan fingerprint density at radius 2 is 2.25 bits per heavy atom. The van der Waals surface area contributed by atoms with Crippen molar-refractivity contribution in [1.29, 1.82) is 0 Å². The van der Waals surface area contributed by atoms with Crippen molar-refractivity contribution in [2.75, 3.05) is 32.1 Å². The maximum atomic E-state index is 12.0. The molecule has 1 aromatic carbocycles. The van der Waals surface area contributed by atoms with Gasteiger partial charge >= 0.3 is 0 Å². The van der Waals surface area contributed by atoms with Crippen LogP contribution in [0.4, 0.5) is 5.69 Å². The number of carbonyl (C=O) groups is 2. The Bertz CT molecular complexity index is 516. The maximum Gasteiger partial charge on any atom is 0.254 e. The Morgan fingerprint density at radius 1 is 1.45 bits per heavy atom. The molecular weight excluding hydrogens is 282 g/mol. The molecule has 0 bridgehead atoms. The molecule has 1 aliphatic heterocycles. The molecule has 1 fully saturated rings. The molecule has 1 aliphatic rings. The van der Waals surface area contributed by atoms with Crippen molar-refractivity contribution in [3.8, 4) is 0 Å². The smallest absolute Gasteiger partial charge is 0.254 e. The van der Waals surface area contributed by atoms with Crippen LogP contribution in [0.25, 0.3) is 0 Å². The van der Waals surface area contributed by atoms with Gasteiger partial charge < -0.3 is 20.7 Å². The van der Waals surface area contributed by atoms with E-state index in [4.69, 9.17) is 16.3 Å². The van der Waals surface area contributed by atoms with Gasteiger partial charge in [0, 0.05) is 25.8 Å². The molecule has 1 heterocycles. The first kappa shape index (κ1) is 14.8. The number of rotatable bonds is 3. The third-order valence-electron chi connectivity index (χ3n) is 2.93. The molecule has 6 nitrogen and oxygen atoms in total. The van der Waals surface area contributed by atoms with Gasteiger partial charge in [0.1, 0.15) is 6.10 Å². The Morgan fingerprint density at radius 3 is 2.85 bits per heavy atom. The van der Waals surface area contributed by atoms with Crippen LogP contribution in [0.5, 0.6) is 0 Å². The first-order chi connectivity index (χ1) is 9.61. The highest BCUT2D eigenvalue weighted by molar-refractivity contribution is 6.34. The normalized spacial score (nSPS) is 18.4. The monoisotopic (exact) mass is 297 g/mol. The summed E-state index contributed by atoms with van der Waals surface area (Å²) in [5.74, 6) is -0.506. The Kier molecular flexibility index (Phi) is 4.94. The van der Waals surface area contributed by atoms with Gasteiger partial charge in [-0.3, -0.25) is 9.59 Å². The summed E-state index contributed by atoms with van der Waals surface area (Å²) in [6, 6.07) is 4.74. The van der Waals surface area contributed by atoms with Crippen LogP contribution in [0, 0.1) is 0 Å². The number of hydrogen-bond donors (Lipinski definition) is 3. The van der Waals surface area contributed by atoms with Crippen LogP contribution in [0.2, 0.25) is 5.02 Å². The van der Waals surface area contributed by atoms with Gasteiger partial charge in [0.2, 0.25) is 0 Å². The van der Waals surface area contributed by atoms with Gasteiger partial charge in [-0.15, -0.1) is 0 Å². The molecule has 2 amide bonds. The van der Waals surface area contributed by atoms with E-state index >= 15 is 0 Å². The van der Waals surface area contributed by atoms with Gasteiger partial charge in [-0.05, 0) is 18.2 Å². The van der Waals surface area contributed by atoms with E-state index < -0.39 is 6.10 Å². The number of anilines is 1. The second-order valence-electron chi connectivity index (χ2n) is 4.33. The lowest BCUT2D eigenvalue weighted by Gasteiger charge is -2.22. The Balaban J connectivity index is 2.04. The minimum absolute atomic E-state index is 0.235. The average Bonchev–Trinajstić information content (AvgIpc) is 2.47. The molecule has 7 heteroatoms. The third kappa shape index (κ3) is 3.47. The molecule has 20 heavy (non-hydrogen) atoms. The highest BCUT2D eigenvalue weighted by atomic mass is 35.5. The van der Waals surface area contributed by atoms with Gasteiger partial charge in [-0.1, -0.05) is 11.6 Å². The number of morpholine rings is 1. The number of carbonyl (C=O) groups excluding carboxylic acids is 2. The molecule has 0 aromatic heterocycles. The lowest BCUT2D eigenvalue weighted by Crippen LogP contribution is -2.45. The summed E-state index contributed by atoms with van der Waals surface area (Å²) in [5, 5.41) is 8.57. The molecule has 1 aromatic rings. The van der Waals surface area contributed by atoms with Crippen LogP contribution in [0.3, 0.4) is 0 Å². The van der Waals surface area contributed by atoms with E-state index in [1.165, 1.54) is 7.05 Å². The topological polar surface area (TPSA) is 79.5 Å². The van der Waals surface area contributed by atoms with E-state index in [0.29, 0.717) is 24.4 Å². The molecule has 2 rings (SSSR count). The minimum atomic E-state index is -0.513. The van der Waals surface area contributed by atoms with Crippen molar-refractivity contribution in [3.05, 3.63) is 28.8 Å². The molecule has 3 N–H and O–H groups in total. The van der Waals surface area contributed by atoms with Crippen LogP contribution in [-0.2, 0) is 9.53 Å². The predicted octanol–water partition coefficient (Wildman–Crippen LogP) is 0.626. The van der Waals surface area contributed by atoms with Crippen LogP contribution < -0.4 is 16.0 Å². The van der Waals surface area contributed by atoms with Crippen molar-refractivity contribution in [1.82, 2.24) is 10.6 Å². The lowest BCUT2D eigenvalue weighted by molar-refractivity contribution is -0.128. The minimum Gasteiger partial charge on any atom is -0.366 e. The SMILES string of the molecule is CNC(=O)c1ccc(NC(=O)C2CNCCO2)cc1Cl. The van der Waals surface area contributed by atoms with Crippen LogP contribution >= 0.6 is 11.6 Å². The van der Waals surface area contributed by atoms with Crippen LogP contribution in [-0.4, -0.2) is 44.7 Å². The fourth-order valence-corrected chi connectivity index (χ4v) is 2.13. The number of halogens is 1. The second kappa shape index (κ2) is 6.69. The summed E-state index contributed by atoms with van der Waals surface area (Å²) in [4.78, 5) is 23.5. The standard InChI is InChI=1S/C13H16ClN3O3/c1-15-12(18)9-3-2-8(6-10(9)14)17-13(19)11-7-16-4-5-20-11/h2-3,6,11,16H,4-5,7H2,1H3,(H,15,18)(H,17,19). The fourth-order valence-electron chi connectivity index (χ4n) is 1.87. The zero-order chi connectivity index (χ0) is 14.5.